The summed E-state index contributed by atoms with van der Waals surface area (Å²) in [6.45, 7) is 1.42. The first kappa shape index (κ1) is 19.9. The molecule has 0 aromatic heterocycles. The average molecular weight is 415 g/mol. The number of carbonyl (C=O) groups excluding carboxylic acids is 2. The van der Waals surface area contributed by atoms with Gasteiger partial charge in [-0.1, -0.05) is 29.8 Å². The van der Waals surface area contributed by atoms with Crippen LogP contribution in [-0.2, 0) is 11.3 Å². The second-order valence-electron chi connectivity index (χ2n) is 7.86. The van der Waals surface area contributed by atoms with Gasteiger partial charge in [-0.25, -0.2) is 4.39 Å². The molecule has 1 saturated carbocycles. The van der Waals surface area contributed by atoms with Crippen LogP contribution >= 0.6 is 11.6 Å². The van der Waals surface area contributed by atoms with E-state index in [-0.39, 0.29) is 29.6 Å². The molecule has 0 bridgehead atoms. The molecule has 152 valence electrons. The summed E-state index contributed by atoms with van der Waals surface area (Å²) in [6.07, 6.45) is 3.24. The maximum Gasteiger partial charge on any atom is 0.253 e. The van der Waals surface area contributed by atoms with Crippen LogP contribution in [0, 0.1) is 11.7 Å². The third-order valence-corrected chi connectivity index (χ3v) is 6.04. The lowest BCUT2D eigenvalue weighted by atomic mass is 9.94. The molecule has 1 aliphatic heterocycles. The van der Waals surface area contributed by atoms with Crippen molar-refractivity contribution >= 4 is 23.4 Å². The van der Waals surface area contributed by atoms with Crippen LogP contribution in [0.2, 0.25) is 5.02 Å². The van der Waals surface area contributed by atoms with E-state index in [1.54, 1.807) is 47.4 Å². The third-order valence-electron chi connectivity index (χ3n) is 5.79. The standard InChI is InChI=1S/C23H24ClFN2O2/c24-19-7-5-16(6-8-19)22(28)26-13-11-17(12-14-26)23(29)27(20-9-10-20)15-18-3-1-2-4-21(18)25/h1-8,17,20H,9-15H2. The summed E-state index contributed by atoms with van der Waals surface area (Å²) in [5.74, 6) is -0.321. The van der Waals surface area contributed by atoms with Gasteiger partial charge in [-0.15, -0.1) is 0 Å². The number of hydrogen-bond acceptors (Lipinski definition) is 2. The molecule has 2 aromatic rings. The Morgan fingerprint density at radius 1 is 1.00 bits per heavy atom. The van der Waals surface area contributed by atoms with Gasteiger partial charge >= 0.3 is 0 Å². The van der Waals surface area contributed by atoms with Crippen molar-refractivity contribution in [2.24, 2.45) is 5.92 Å². The monoisotopic (exact) mass is 414 g/mol. The number of hydrogen-bond donors (Lipinski definition) is 0. The van der Waals surface area contributed by atoms with Crippen LogP contribution in [0.4, 0.5) is 4.39 Å². The van der Waals surface area contributed by atoms with Gasteiger partial charge in [0.25, 0.3) is 5.91 Å². The van der Waals surface area contributed by atoms with Gasteiger partial charge in [0, 0.05) is 47.7 Å². The summed E-state index contributed by atoms with van der Waals surface area (Å²) in [6, 6.07) is 13.7. The van der Waals surface area contributed by atoms with Crippen LogP contribution in [0.25, 0.3) is 0 Å². The predicted octanol–water partition coefficient (Wildman–Crippen LogP) is 4.52. The Balaban J connectivity index is 1.38. The summed E-state index contributed by atoms with van der Waals surface area (Å²) >= 11 is 5.89. The van der Waals surface area contributed by atoms with Crippen molar-refractivity contribution in [1.29, 1.82) is 0 Å². The van der Waals surface area contributed by atoms with Crippen molar-refractivity contribution in [3.8, 4) is 0 Å². The van der Waals surface area contributed by atoms with E-state index >= 15 is 0 Å². The van der Waals surface area contributed by atoms with Gasteiger partial charge in [0.05, 0.1) is 0 Å². The van der Waals surface area contributed by atoms with Gasteiger partial charge in [0.15, 0.2) is 0 Å². The van der Waals surface area contributed by atoms with E-state index in [0.29, 0.717) is 48.6 Å². The van der Waals surface area contributed by atoms with Gasteiger partial charge in [0.1, 0.15) is 5.82 Å². The highest BCUT2D eigenvalue weighted by Gasteiger charge is 2.37. The zero-order valence-electron chi connectivity index (χ0n) is 16.2. The van der Waals surface area contributed by atoms with Gasteiger partial charge in [-0.3, -0.25) is 9.59 Å². The Hall–Kier alpha value is -2.40. The molecular formula is C23H24ClFN2O2. The molecule has 2 amide bonds. The molecule has 2 aromatic carbocycles. The predicted molar refractivity (Wildman–Crippen MR) is 110 cm³/mol. The lowest BCUT2D eigenvalue weighted by Crippen LogP contribution is -2.45. The number of nitrogens with zero attached hydrogens (tertiary/aromatic N) is 2. The van der Waals surface area contributed by atoms with Crippen LogP contribution in [0.1, 0.15) is 41.6 Å². The fourth-order valence-corrected chi connectivity index (χ4v) is 4.05. The SMILES string of the molecule is O=C(c1ccc(Cl)cc1)N1CCC(C(=O)N(Cc2ccccc2F)C2CC2)CC1. The Labute approximate surface area is 175 Å². The zero-order valence-corrected chi connectivity index (χ0v) is 16.9. The van der Waals surface area contributed by atoms with Crippen molar-refractivity contribution in [3.63, 3.8) is 0 Å². The molecule has 0 unspecified atom stereocenters. The van der Waals surface area contributed by atoms with Crippen LogP contribution in [0.3, 0.4) is 0 Å². The molecule has 2 aliphatic rings. The van der Waals surface area contributed by atoms with E-state index in [1.165, 1.54) is 6.07 Å². The van der Waals surface area contributed by atoms with Crippen LogP contribution < -0.4 is 0 Å². The Morgan fingerprint density at radius 2 is 1.66 bits per heavy atom. The van der Waals surface area contributed by atoms with Crippen molar-refractivity contribution in [1.82, 2.24) is 9.80 Å². The van der Waals surface area contributed by atoms with Crippen LogP contribution in [0.5, 0.6) is 0 Å². The summed E-state index contributed by atoms with van der Waals surface area (Å²) in [4.78, 5) is 29.5. The summed E-state index contributed by atoms with van der Waals surface area (Å²) < 4.78 is 14.1. The van der Waals surface area contributed by atoms with Crippen molar-refractivity contribution in [2.45, 2.75) is 38.3 Å². The molecule has 1 saturated heterocycles. The Kier molecular flexibility index (Phi) is 5.86. The topological polar surface area (TPSA) is 40.6 Å². The van der Waals surface area contributed by atoms with Gasteiger partial charge < -0.3 is 9.80 Å². The van der Waals surface area contributed by atoms with Gasteiger partial charge in [0.2, 0.25) is 5.91 Å². The number of carbonyl (C=O) groups is 2. The number of benzene rings is 2. The van der Waals surface area contributed by atoms with E-state index in [4.69, 9.17) is 11.6 Å². The second-order valence-corrected chi connectivity index (χ2v) is 8.30. The maximum absolute atomic E-state index is 14.1. The summed E-state index contributed by atoms with van der Waals surface area (Å²) in [7, 11) is 0. The number of piperidine rings is 1. The first-order chi connectivity index (χ1) is 14.0. The Bertz CT molecular complexity index is 890. The van der Waals surface area contributed by atoms with Crippen LogP contribution in [0.15, 0.2) is 48.5 Å². The molecule has 4 rings (SSSR count). The molecule has 29 heavy (non-hydrogen) atoms. The van der Waals surface area contributed by atoms with Crippen LogP contribution in [-0.4, -0.2) is 40.7 Å². The first-order valence-corrected chi connectivity index (χ1v) is 10.5. The number of rotatable bonds is 5. The fraction of sp³-hybridized carbons (Fsp3) is 0.391. The Morgan fingerprint density at radius 3 is 2.28 bits per heavy atom. The molecular weight excluding hydrogens is 391 g/mol. The highest BCUT2D eigenvalue weighted by molar-refractivity contribution is 6.30. The van der Waals surface area contributed by atoms with Crippen molar-refractivity contribution in [2.75, 3.05) is 13.1 Å². The normalized spacial score (nSPS) is 17.2. The van der Waals surface area contributed by atoms with E-state index in [9.17, 15) is 14.0 Å². The lowest BCUT2D eigenvalue weighted by molar-refractivity contribution is -0.138. The minimum Gasteiger partial charge on any atom is -0.339 e. The summed E-state index contributed by atoms with van der Waals surface area (Å²) in [5.41, 5.74) is 1.17. The smallest absolute Gasteiger partial charge is 0.253 e. The molecule has 1 heterocycles. The first-order valence-electron chi connectivity index (χ1n) is 10.1. The molecule has 1 aliphatic carbocycles. The van der Waals surface area contributed by atoms with Gasteiger partial charge in [-0.05, 0) is 56.0 Å². The number of likely N-dealkylation sites (tertiary alicyclic amines) is 1. The van der Waals surface area contributed by atoms with E-state index < -0.39 is 0 Å². The second kappa shape index (κ2) is 8.54. The third kappa shape index (κ3) is 4.61. The molecule has 4 nitrogen and oxygen atoms in total. The highest BCUT2D eigenvalue weighted by Crippen LogP contribution is 2.32. The lowest BCUT2D eigenvalue weighted by Gasteiger charge is -2.34. The van der Waals surface area contributed by atoms with Gasteiger partial charge in [-0.2, -0.15) is 0 Å². The molecule has 0 N–H and O–H groups in total. The van der Waals surface area contributed by atoms with Crippen molar-refractivity contribution < 1.29 is 14.0 Å². The number of amides is 2. The molecule has 2 fully saturated rings. The van der Waals surface area contributed by atoms with Crippen molar-refractivity contribution in [3.05, 3.63) is 70.5 Å². The van der Waals surface area contributed by atoms with E-state index in [0.717, 1.165) is 12.8 Å². The summed E-state index contributed by atoms with van der Waals surface area (Å²) in [5, 5.41) is 0.598. The van der Waals surface area contributed by atoms with E-state index in [1.807, 2.05) is 4.90 Å². The maximum atomic E-state index is 14.1. The molecule has 0 spiro atoms. The minimum absolute atomic E-state index is 0.0297. The quantitative estimate of drug-likeness (QED) is 0.721. The average Bonchev–Trinajstić information content (AvgIpc) is 3.58. The zero-order chi connectivity index (χ0) is 20.4. The minimum atomic E-state index is -0.269. The molecule has 0 atom stereocenters. The molecule has 0 radical (unpaired) electrons. The highest BCUT2D eigenvalue weighted by atomic mass is 35.5. The largest absolute Gasteiger partial charge is 0.339 e. The number of halogens is 2. The molecule has 6 heteroatoms. The van der Waals surface area contributed by atoms with E-state index in [2.05, 4.69) is 0 Å². The fourth-order valence-electron chi connectivity index (χ4n) is 3.92.